The van der Waals surface area contributed by atoms with Crippen molar-refractivity contribution in [3.05, 3.63) is 33.0 Å². The van der Waals surface area contributed by atoms with Crippen LogP contribution in [0.3, 0.4) is 0 Å². The maximum Gasteiger partial charge on any atom is 0.381 e. The number of aromatic nitrogens is 1. The van der Waals surface area contributed by atoms with E-state index in [1.807, 2.05) is 0 Å². The van der Waals surface area contributed by atoms with Gasteiger partial charge in [-0.05, 0) is 9.91 Å². The quantitative estimate of drug-likeness (QED) is 0.590. The van der Waals surface area contributed by atoms with Gasteiger partial charge in [0.25, 0.3) is 6.43 Å². The molecule has 17 heavy (non-hydrogen) atoms. The van der Waals surface area contributed by atoms with Crippen LogP contribution >= 0.6 is 0 Å². The van der Waals surface area contributed by atoms with Crippen LogP contribution in [0.4, 0.5) is 14.6 Å². The van der Waals surface area contributed by atoms with E-state index in [2.05, 4.69) is 4.98 Å². The molecule has 0 aliphatic carbocycles. The molecular formula is C9H4F2N4O2. The van der Waals surface area contributed by atoms with E-state index in [1.54, 1.807) is 6.07 Å². The first-order chi connectivity index (χ1) is 8.02. The van der Waals surface area contributed by atoms with Gasteiger partial charge >= 0.3 is 5.82 Å². The van der Waals surface area contributed by atoms with Gasteiger partial charge in [-0.3, -0.25) is 0 Å². The Labute approximate surface area is 93.9 Å². The third-order valence-electron chi connectivity index (χ3n) is 1.95. The second kappa shape index (κ2) is 4.94. The fourth-order valence-electron chi connectivity index (χ4n) is 1.28. The Morgan fingerprint density at radius 1 is 1.53 bits per heavy atom. The number of pyridine rings is 1. The van der Waals surface area contributed by atoms with Gasteiger partial charge in [0, 0.05) is 5.56 Å². The number of nitriles is 2. The fourth-order valence-corrected chi connectivity index (χ4v) is 1.28. The topological polar surface area (TPSA) is 104 Å². The first-order valence-electron chi connectivity index (χ1n) is 4.24. The van der Waals surface area contributed by atoms with Crippen LogP contribution in [0.5, 0.6) is 0 Å². The third-order valence-corrected chi connectivity index (χ3v) is 1.95. The molecule has 6 nitrogen and oxygen atoms in total. The summed E-state index contributed by atoms with van der Waals surface area (Å²) < 4.78 is 25.5. The van der Waals surface area contributed by atoms with Crippen molar-refractivity contribution in [3.63, 3.8) is 0 Å². The summed E-state index contributed by atoms with van der Waals surface area (Å²) in [5.41, 5.74) is -1.77. The molecule has 0 aliphatic rings. The van der Waals surface area contributed by atoms with Crippen LogP contribution in [0, 0.1) is 32.8 Å². The normalized spacial score (nSPS) is 9.71. The molecule has 0 fully saturated rings. The van der Waals surface area contributed by atoms with Gasteiger partial charge in [-0.15, -0.1) is 0 Å². The van der Waals surface area contributed by atoms with Crippen LogP contribution < -0.4 is 0 Å². The lowest BCUT2D eigenvalue weighted by Crippen LogP contribution is -2.05. The van der Waals surface area contributed by atoms with E-state index in [1.165, 1.54) is 6.07 Å². The van der Waals surface area contributed by atoms with Crippen molar-refractivity contribution >= 4 is 5.82 Å². The highest BCUT2D eigenvalue weighted by Crippen LogP contribution is 2.30. The standard InChI is InChI=1S/C9H4F2N4O2/c10-8(11)7-5(1-2-12)4-14-9(15(16)17)6(7)3-13/h4,8H,1H2. The van der Waals surface area contributed by atoms with Gasteiger partial charge in [0.1, 0.15) is 12.3 Å². The molecule has 0 N–H and O–H groups in total. The van der Waals surface area contributed by atoms with Crippen LogP contribution in [-0.4, -0.2) is 9.91 Å². The van der Waals surface area contributed by atoms with E-state index >= 15 is 0 Å². The van der Waals surface area contributed by atoms with E-state index in [-0.39, 0.29) is 12.0 Å². The lowest BCUT2D eigenvalue weighted by molar-refractivity contribution is -0.389. The predicted molar refractivity (Wildman–Crippen MR) is 49.9 cm³/mol. The molecule has 0 amide bonds. The molecule has 1 aromatic rings. The van der Waals surface area contributed by atoms with Crippen molar-refractivity contribution in [3.8, 4) is 12.1 Å². The number of nitrogens with zero attached hydrogens (tertiary/aromatic N) is 4. The minimum absolute atomic E-state index is 0.176. The Hall–Kier alpha value is -2.61. The first-order valence-corrected chi connectivity index (χ1v) is 4.24. The molecule has 0 saturated carbocycles. The summed E-state index contributed by atoms with van der Waals surface area (Å²) in [5, 5.41) is 27.6. The van der Waals surface area contributed by atoms with Gasteiger partial charge in [-0.25, -0.2) is 8.78 Å². The van der Waals surface area contributed by atoms with Gasteiger partial charge in [0.2, 0.25) is 0 Å². The van der Waals surface area contributed by atoms with E-state index in [0.29, 0.717) is 0 Å². The maximum atomic E-state index is 12.7. The summed E-state index contributed by atoms with van der Waals surface area (Å²) in [6, 6.07) is 2.96. The first kappa shape index (κ1) is 12.5. The molecule has 86 valence electrons. The minimum Gasteiger partial charge on any atom is -0.358 e. The molecule has 1 heterocycles. The van der Waals surface area contributed by atoms with Gasteiger partial charge in [-0.2, -0.15) is 10.5 Å². The highest BCUT2D eigenvalue weighted by molar-refractivity contribution is 5.52. The lowest BCUT2D eigenvalue weighted by Gasteiger charge is -2.06. The molecule has 1 rings (SSSR count). The SMILES string of the molecule is N#CCc1cnc([N+](=O)[O-])c(C#N)c1C(F)F. The van der Waals surface area contributed by atoms with Gasteiger partial charge in [0.15, 0.2) is 5.56 Å². The molecule has 0 aliphatic heterocycles. The predicted octanol–water partition coefficient (Wildman–Crippen LogP) is 1.87. The van der Waals surface area contributed by atoms with Crippen LogP contribution in [-0.2, 0) is 6.42 Å². The molecule has 0 spiro atoms. The molecule has 0 saturated heterocycles. The zero-order chi connectivity index (χ0) is 13.0. The average Bonchev–Trinajstić information content (AvgIpc) is 2.27. The lowest BCUT2D eigenvalue weighted by atomic mass is 10.0. The zero-order valence-corrected chi connectivity index (χ0v) is 8.22. The third kappa shape index (κ3) is 2.32. The monoisotopic (exact) mass is 238 g/mol. The van der Waals surface area contributed by atoms with E-state index < -0.39 is 28.3 Å². The van der Waals surface area contributed by atoms with Crippen molar-refractivity contribution in [2.75, 3.05) is 0 Å². The number of hydrogen-bond acceptors (Lipinski definition) is 5. The number of halogens is 2. The second-order valence-corrected chi connectivity index (χ2v) is 2.90. The molecule has 0 aromatic carbocycles. The molecular weight excluding hydrogens is 234 g/mol. The zero-order valence-electron chi connectivity index (χ0n) is 8.22. The Morgan fingerprint density at radius 3 is 2.59 bits per heavy atom. The van der Waals surface area contributed by atoms with Crippen molar-refractivity contribution < 1.29 is 13.7 Å². The number of nitro groups is 1. The van der Waals surface area contributed by atoms with Gasteiger partial charge in [-0.1, -0.05) is 0 Å². The smallest absolute Gasteiger partial charge is 0.358 e. The summed E-state index contributed by atoms with van der Waals surface area (Å²) in [6.45, 7) is 0. The summed E-state index contributed by atoms with van der Waals surface area (Å²) in [5.74, 6) is -0.926. The fraction of sp³-hybridized carbons (Fsp3) is 0.222. The summed E-state index contributed by atoms with van der Waals surface area (Å²) in [4.78, 5) is 12.8. The Balaban J connectivity index is 3.58. The number of alkyl halides is 2. The van der Waals surface area contributed by atoms with Crippen LogP contribution in [0.1, 0.15) is 23.1 Å². The summed E-state index contributed by atoms with van der Waals surface area (Å²) in [7, 11) is 0. The van der Waals surface area contributed by atoms with Gasteiger partial charge in [0.05, 0.1) is 18.1 Å². The molecule has 0 bridgehead atoms. The largest absolute Gasteiger partial charge is 0.381 e. The molecule has 0 radical (unpaired) electrons. The van der Waals surface area contributed by atoms with Crippen molar-refractivity contribution in [2.45, 2.75) is 12.8 Å². The molecule has 0 atom stereocenters. The average molecular weight is 238 g/mol. The summed E-state index contributed by atoms with van der Waals surface area (Å²) >= 11 is 0. The van der Waals surface area contributed by atoms with E-state index in [4.69, 9.17) is 10.5 Å². The van der Waals surface area contributed by atoms with Gasteiger partial charge < -0.3 is 10.1 Å². The Morgan fingerprint density at radius 2 is 2.18 bits per heavy atom. The maximum absolute atomic E-state index is 12.7. The van der Waals surface area contributed by atoms with Crippen LogP contribution in [0.15, 0.2) is 6.20 Å². The highest BCUT2D eigenvalue weighted by Gasteiger charge is 2.28. The number of hydrogen-bond donors (Lipinski definition) is 0. The van der Waals surface area contributed by atoms with E-state index in [9.17, 15) is 18.9 Å². The highest BCUT2D eigenvalue weighted by atomic mass is 19.3. The van der Waals surface area contributed by atoms with Crippen LogP contribution in [0.2, 0.25) is 0 Å². The van der Waals surface area contributed by atoms with Crippen molar-refractivity contribution in [2.24, 2.45) is 0 Å². The minimum atomic E-state index is -3.07. The Kier molecular flexibility index (Phi) is 3.62. The Bertz CT molecular complexity index is 545. The summed E-state index contributed by atoms with van der Waals surface area (Å²) in [6.07, 6.45) is -2.64. The molecule has 0 unspecified atom stereocenters. The van der Waals surface area contributed by atoms with Crippen LogP contribution in [0.25, 0.3) is 0 Å². The van der Waals surface area contributed by atoms with Crippen molar-refractivity contribution in [1.29, 1.82) is 10.5 Å². The van der Waals surface area contributed by atoms with Crippen molar-refractivity contribution in [1.82, 2.24) is 4.98 Å². The van der Waals surface area contributed by atoms with E-state index in [0.717, 1.165) is 6.20 Å². The second-order valence-electron chi connectivity index (χ2n) is 2.90. The number of rotatable bonds is 3. The molecule has 8 heteroatoms. The molecule has 1 aromatic heterocycles.